The molecule has 0 radical (unpaired) electrons. The Balaban J connectivity index is 1.82. The minimum absolute atomic E-state index is 0.0322. The molecule has 0 unspecified atom stereocenters. The summed E-state index contributed by atoms with van der Waals surface area (Å²) >= 11 is 0. The molecule has 0 atom stereocenters. The van der Waals surface area contributed by atoms with Crippen molar-refractivity contribution < 1.29 is 9.18 Å². The van der Waals surface area contributed by atoms with E-state index >= 15 is 0 Å². The van der Waals surface area contributed by atoms with Crippen LogP contribution in [0.25, 0.3) is 5.69 Å². The molecule has 5 nitrogen and oxygen atoms in total. The number of hydrogen-bond acceptors (Lipinski definition) is 4. The van der Waals surface area contributed by atoms with Crippen LogP contribution < -0.4 is 5.32 Å². The second-order valence-electron chi connectivity index (χ2n) is 8.85. The molecule has 0 bridgehead atoms. The lowest BCUT2D eigenvalue weighted by molar-refractivity contribution is 0.0910. The van der Waals surface area contributed by atoms with Gasteiger partial charge in [-0.25, -0.2) is 9.07 Å². The first kappa shape index (κ1) is 18.7. The Hall–Kier alpha value is -2.68. The van der Waals surface area contributed by atoms with E-state index in [1.807, 2.05) is 13.0 Å². The number of nitrogens with zero attached hydrogens (tertiary/aromatic N) is 3. The van der Waals surface area contributed by atoms with Crippen LogP contribution >= 0.6 is 0 Å². The van der Waals surface area contributed by atoms with Crippen molar-refractivity contribution in [3.63, 3.8) is 0 Å². The van der Waals surface area contributed by atoms with Crippen LogP contribution in [0.2, 0.25) is 0 Å². The maximum Gasteiger partial charge on any atom is 0.167 e. The molecular formula is C22H25FN4O. The Morgan fingerprint density at radius 2 is 2.00 bits per heavy atom. The SMILES string of the molecule is Cc1nn(-c2cc(F)c(C#N)c(NC3CCCC3)c2)c2c1C(=O)CC(C)(C)C2. The van der Waals surface area contributed by atoms with Crippen molar-refractivity contribution in [3.8, 4) is 11.8 Å². The van der Waals surface area contributed by atoms with Gasteiger partial charge in [0.2, 0.25) is 0 Å². The van der Waals surface area contributed by atoms with Gasteiger partial charge in [0.1, 0.15) is 17.4 Å². The van der Waals surface area contributed by atoms with Gasteiger partial charge in [0.25, 0.3) is 0 Å². The fourth-order valence-electron chi connectivity index (χ4n) is 4.59. The number of Topliss-reactive ketones (excluding diaryl/α,β-unsaturated/α-hetero) is 1. The third kappa shape index (κ3) is 3.19. The molecule has 28 heavy (non-hydrogen) atoms. The van der Waals surface area contributed by atoms with Gasteiger partial charge in [-0.1, -0.05) is 26.7 Å². The van der Waals surface area contributed by atoms with E-state index in [4.69, 9.17) is 0 Å². The summed E-state index contributed by atoms with van der Waals surface area (Å²) < 4.78 is 16.5. The lowest BCUT2D eigenvalue weighted by Crippen LogP contribution is -2.28. The number of carbonyl (C=O) groups excluding carboxylic acids is 1. The van der Waals surface area contributed by atoms with Crippen LogP contribution in [0.5, 0.6) is 0 Å². The minimum Gasteiger partial charge on any atom is -0.381 e. The monoisotopic (exact) mass is 380 g/mol. The van der Waals surface area contributed by atoms with Crippen LogP contribution in [-0.4, -0.2) is 21.6 Å². The van der Waals surface area contributed by atoms with Crippen molar-refractivity contribution in [2.75, 3.05) is 5.32 Å². The number of rotatable bonds is 3. The molecule has 0 saturated heterocycles. The molecule has 4 rings (SSSR count). The first-order valence-corrected chi connectivity index (χ1v) is 9.91. The Kier molecular flexibility index (Phi) is 4.49. The molecule has 6 heteroatoms. The highest BCUT2D eigenvalue weighted by Gasteiger charge is 2.36. The first-order chi connectivity index (χ1) is 13.3. The number of benzene rings is 1. The van der Waals surface area contributed by atoms with Crippen molar-refractivity contribution in [1.82, 2.24) is 9.78 Å². The molecule has 1 aromatic carbocycles. The second kappa shape index (κ2) is 6.73. The standard InChI is InChI=1S/C22H25FN4O/c1-13-21-19(10-22(2,3)11-20(21)28)27(26-13)15-8-17(23)16(12-24)18(9-15)25-14-6-4-5-7-14/h8-9,14,25H,4-7,10-11H2,1-3H3. The average molecular weight is 380 g/mol. The molecule has 0 amide bonds. The number of hydrogen-bond donors (Lipinski definition) is 1. The zero-order valence-corrected chi connectivity index (χ0v) is 16.6. The Morgan fingerprint density at radius 1 is 1.29 bits per heavy atom. The summed E-state index contributed by atoms with van der Waals surface area (Å²) in [7, 11) is 0. The fraction of sp³-hybridized carbons (Fsp3) is 0.500. The van der Waals surface area contributed by atoms with Gasteiger partial charge in [0.15, 0.2) is 5.78 Å². The number of nitriles is 1. The lowest BCUT2D eigenvalue weighted by Gasteiger charge is -2.29. The van der Waals surface area contributed by atoms with E-state index < -0.39 is 5.82 Å². The number of halogens is 1. The van der Waals surface area contributed by atoms with Gasteiger partial charge in [0, 0.05) is 18.5 Å². The number of carbonyl (C=O) groups is 1. The summed E-state index contributed by atoms with van der Waals surface area (Å²) in [6.45, 7) is 5.95. The van der Waals surface area contributed by atoms with E-state index in [-0.39, 0.29) is 22.8 Å². The van der Waals surface area contributed by atoms with Crippen LogP contribution in [0.1, 0.15) is 73.3 Å². The summed E-state index contributed by atoms with van der Waals surface area (Å²) in [6.07, 6.45) is 5.52. The number of ketones is 1. The van der Waals surface area contributed by atoms with Crippen LogP contribution in [0, 0.1) is 29.5 Å². The molecule has 2 aliphatic carbocycles. The van der Waals surface area contributed by atoms with Crippen LogP contribution in [-0.2, 0) is 6.42 Å². The van der Waals surface area contributed by atoms with E-state index in [0.717, 1.165) is 31.4 Å². The lowest BCUT2D eigenvalue weighted by atomic mass is 9.75. The molecule has 1 aromatic heterocycles. The van der Waals surface area contributed by atoms with Gasteiger partial charge in [-0.15, -0.1) is 0 Å². The van der Waals surface area contributed by atoms with E-state index in [1.165, 1.54) is 6.07 Å². The van der Waals surface area contributed by atoms with Crippen molar-refractivity contribution in [2.24, 2.45) is 5.41 Å². The van der Waals surface area contributed by atoms with Crippen molar-refractivity contribution in [3.05, 3.63) is 40.5 Å². The van der Waals surface area contributed by atoms with Crippen molar-refractivity contribution in [1.29, 1.82) is 5.26 Å². The molecule has 1 saturated carbocycles. The topological polar surface area (TPSA) is 70.7 Å². The third-order valence-electron chi connectivity index (χ3n) is 5.87. The largest absolute Gasteiger partial charge is 0.381 e. The zero-order valence-electron chi connectivity index (χ0n) is 16.6. The Bertz CT molecular complexity index is 993. The number of aryl methyl sites for hydroxylation is 1. The molecule has 2 aromatic rings. The maximum atomic E-state index is 14.8. The molecule has 1 heterocycles. The predicted octanol–water partition coefficient (Wildman–Crippen LogP) is 4.70. The molecule has 2 aliphatic rings. The highest BCUT2D eigenvalue weighted by Crippen LogP contribution is 2.37. The molecule has 1 fully saturated rings. The van der Waals surface area contributed by atoms with Gasteiger partial charge in [-0.3, -0.25) is 4.79 Å². The Labute approximate surface area is 164 Å². The number of fused-ring (bicyclic) bond motifs is 1. The van der Waals surface area contributed by atoms with E-state index in [9.17, 15) is 14.4 Å². The fourth-order valence-corrected chi connectivity index (χ4v) is 4.59. The molecular weight excluding hydrogens is 355 g/mol. The number of aromatic nitrogens is 2. The molecule has 146 valence electrons. The summed E-state index contributed by atoms with van der Waals surface area (Å²) in [5.74, 6) is -0.475. The van der Waals surface area contributed by atoms with Gasteiger partial charge in [-0.2, -0.15) is 10.4 Å². The Morgan fingerprint density at radius 3 is 2.68 bits per heavy atom. The van der Waals surface area contributed by atoms with Gasteiger partial charge in [0.05, 0.1) is 28.3 Å². The van der Waals surface area contributed by atoms with Gasteiger partial charge >= 0.3 is 0 Å². The minimum atomic E-state index is -0.566. The predicted molar refractivity (Wildman–Crippen MR) is 105 cm³/mol. The van der Waals surface area contributed by atoms with Crippen LogP contribution in [0.15, 0.2) is 12.1 Å². The number of anilines is 1. The quantitative estimate of drug-likeness (QED) is 0.838. The molecule has 0 spiro atoms. The van der Waals surface area contributed by atoms with E-state index in [2.05, 4.69) is 24.3 Å². The maximum absolute atomic E-state index is 14.8. The van der Waals surface area contributed by atoms with Gasteiger partial charge < -0.3 is 5.32 Å². The molecule has 0 aliphatic heterocycles. The molecule has 1 N–H and O–H groups in total. The summed E-state index contributed by atoms with van der Waals surface area (Å²) in [5.41, 5.74) is 3.09. The summed E-state index contributed by atoms with van der Waals surface area (Å²) in [5, 5.41) is 17.4. The normalized spacial score (nSPS) is 18.8. The highest BCUT2D eigenvalue weighted by molar-refractivity contribution is 5.99. The van der Waals surface area contributed by atoms with E-state index in [1.54, 1.807) is 10.7 Å². The van der Waals surface area contributed by atoms with Crippen LogP contribution in [0.4, 0.5) is 10.1 Å². The first-order valence-electron chi connectivity index (χ1n) is 9.91. The van der Waals surface area contributed by atoms with Crippen LogP contribution in [0.3, 0.4) is 0 Å². The zero-order chi connectivity index (χ0) is 20.1. The van der Waals surface area contributed by atoms with Gasteiger partial charge in [-0.05, 0) is 37.7 Å². The van der Waals surface area contributed by atoms with Crippen molar-refractivity contribution in [2.45, 2.75) is 65.3 Å². The van der Waals surface area contributed by atoms with Crippen molar-refractivity contribution >= 4 is 11.5 Å². The second-order valence-corrected chi connectivity index (χ2v) is 8.85. The average Bonchev–Trinajstić information content (AvgIpc) is 3.21. The summed E-state index contributed by atoms with van der Waals surface area (Å²) in [4.78, 5) is 12.6. The number of nitrogens with one attached hydrogen (secondary N) is 1. The van der Waals surface area contributed by atoms with E-state index in [0.29, 0.717) is 35.5 Å². The summed E-state index contributed by atoms with van der Waals surface area (Å²) in [6, 6.07) is 5.38. The smallest absolute Gasteiger partial charge is 0.167 e. The third-order valence-corrected chi connectivity index (χ3v) is 5.87. The highest BCUT2D eigenvalue weighted by atomic mass is 19.1.